The Labute approximate surface area is 124 Å². The molecule has 0 spiro atoms. The summed E-state index contributed by atoms with van der Waals surface area (Å²) in [6.45, 7) is 7.00. The van der Waals surface area contributed by atoms with E-state index in [1.54, 1.807) is 31.7 Å². The van der Waals surface area contributed by atoms with E-state index in [1.807, 2.05) is 0 Å². The van der Waals surface area contributed by atoms with E-state index in [4.69, 9.17) is 4.74 Å². The Bertz CT molecular complexity index is 426. The molecule has 1 rings (SSSR count). The average Bonchev–Trinajstić information content (AvgIpc) is 2.73. The third kappa shape index (κ3) is 7.34. The topological polar surface area (TPSA) is 87.7 Å². The van der Waals surface area contributed by atoms with Gasteiger partial charge in [0.1, 0.15) is 5.60 Å². The van der Waals surface area contributed by atoms with Gasteiger partial charge in [-0.1, -0.05) is 6.08 Å². The summed E-state index contributed by atoms with van der Waals surface area (Å²) in [7, 11) is 0. The summed E-state index contributed by atoms with van der Waals surface area (Å²) in [4.78, 5) is 35.8. The SMILES string of the molecule is CC(C)(C)OC(=O)NCCC(=O)NCCN1CC=CC1=O. The molecule has 0 bridgehead atoms. The average molecular weight is 297 g/mol. The largest absolute Gasteiger partial charge is 0.444 e. The zero-order valence-electron chi connectivity index (χ0n) is 12.8. The van der Waals surface area contributed by atoms with E-state index in [0.717, 1.165) is 0 Å². The number of nitrogens with one attached hydrogen (secondary N) is 2. The lowest BCUT2D eigenvalue weighted by Crippen LogP contribution is -2.38. The quantitative estimate of drug-likeness (QED) is 0.743. The van der Waals surface area contributed by atoms with Gasteiger partial charge < -0.3 is 20.3 Å². The maximum Gasteiger partial charge on any atom is 0.407 e. The van der Waals surface area contributed by atoms with Crippen molar-refractivity contribution in [3.05, 3.63) is 12.2 Å². The molecule has 0 saturated heterocycles. The molecule has 7 nitrogen and oxygen atoms in total. The first-order valence-corrected chi connectivity index (χ1v) is 6.97. The molecule has 0 aromatic carbocycles. The molecule has 0 aromatic rings. The molecule has 1 aliphatic heterocycles. The highest BCUT2D eigenvalue weighted by atomic mass is 16.6. The number of ether oxygens (including phenoxy) is 1. The second-order valence-corrected chi connectivity index (χ2v) is 5.72. The van der Waals surface area contributed by atoms with Gasteiger partial charge >= 0.3 is 6.09 Å². The van der Waals surface area contributed by atoms with Crippen molar-refractivity contribution in [1.29, 1.82) is 0 Å². The van der Waals surface area contributed by atoms with Crippen LogP contribution < -0.4 is 10.6 Å². The Morgan fingerprint density at radius 1 is 1.29 bits per heavy atom. The Balaban J connectivity index is 2.06. The van der Waals surface area contributed by atoms with Crippen molar-refractivity contribution in [2.75, 3.05) is 26.2 Å². The molecular formula is C14H23N3O4. The predicted octanol–water partition coefficient (Wildman–Crippen LogP) is 0.416. The minimum atomic E-state index is -0.553. The van der Waals surface area contributed by atoms with Gasteiger partial charge in [-0.3, -0.25) is 9.59 Å². The molecule has 3 amide bonds. The lowest BCUT2D eigenvalue weighted by molar-refractivity contribution is -0.125. The van der Waals surface area contributed by atoms with E-state index in [0.29, 0.717) is 19.6 Å². The molecule has 0 fully saturated rings. The van der Waals surface area contributed by atoms with Crippen LogP contribution in [-0.2, 0) is 14.3 Å². The molecule has 0 saturated carbocycles. The molecule has 0 aromatic heterocycles. The van der Waals surface area contributed by atoms with E-state index >= 15 is 0 Å². The molecule has 0 atom stereocenters. The fourth-order valence-electron chi connectivity index (χ4n) is 1.69. The maximum absolute atomic E-state index is 11.5. The van der Waals surface area contributed by atoms with E-state index in [-0.39, 0.29) is 24.8 Å². The fourth-order valence-corrected chi connectivity index (χ4v) is 1.69. The molecule has 1 aliphatic rings. The second kappa shape index (κ2) is 7.66. The molecule has 118 valence electrons. The lowest BCUT2D eigenvalue weighted by atomic mass is 10.2. The minimum Gasteiger partial charge on any atom is -0.444 e. The third-order valence-electron chi connectivity index (χ3n) is 2.62. The second-order valence-electron chi connectivity index (χ2n) is 5.72. The first-order valence-electron chi connectivity index (χ1n) is 6.97. The highest BCUT2D eigenvalue weighted by Crippen LogP contribution is 2.06. The zero-order valence-corrected chi connectivity index (χ0v) is 12.8. The Morgan fingerprint density at radius 2 is 2.00 bits per heavy atom. The van der Waals surface area contributed by atoms with E-state index < -0.39 is 11.7 Å². The van der Waals surface area contributed by atoms with Gasteiger partial charge in [0, 0.05) is 38.7 Å². The van der Waals surface area contributed by atoms with Gasteiger partial charge in [-0.15, -0.1) is 0 Å². The normalized spacial score (nSPS) is 14.2. The van der Waals surface area contributed by atoms with Crippen molar-refractivity contribution in [2.24, 2.45) is 0 Å². The zero-order chi connectivity index (χ0) is 15.9. The number of hydrogen-bond acceptors (Lipinski definition) is 4. The molecule has 0 radical (unpaired) electrons. The molecule has 1 heterocycles. The van der Waals surface area contributed by atoms with Crippen LogP contribution in [0.25, 0.3) is 0 Å². The molecule has 21 heavy (non-hydrogen) atoms. The van der Waals surface area contributed by atoms with E-state index in [2.05, 4.69) is 10.6 Å². The number of amides is 3. The summed E-state index contributed by atoms with van der Waals surface area (Å²) in [5, 5.41) is 5.21. The summed E-state index contributed by atoms with van der Waals surface area (Å²) in [6, 6.07) is 0. The lowest BCUT2D eigenvalue weighted by Gasteiger charge is -2.19. The summed E-state index contributed by atoms with van der Waals surface area (Å²) < 4.78 is 5.05. The summed E-state index contributed by atoms with van der Waals surface area (Å²) in [5.74, 6) is -0.207. The number of hydrogen-bond donors (Lipinski definition) is 2. The Morgan fingerprint density at radius 3 is 2.57 bits per heavy atom. The molecular weight excluding hydrogens is 274 g/mol. The van der Waals surface area contributed by atoms with Crippen LogP contribution in [-0.4, -0.2) is 54.6 Å². The van der Waals surface area contributed by atoms with Gasteiger partial charge in [-0.25, -0.2) is 4.79 Å². The van der Waals surface area contributed by atoms with Gasteiger partial charge in [0.2, 0.25) is 11.8 Å². The summed E-state index contributed by atoms with van der Waals surface area (Å²) in [6.07, 6.45) is 2.94. The number of carbonyl (C=O) groups excluding carboxylic acids is 3. The van der Waals surface area contributed by atoms with Gasteiger partial charge in [0.15, 0.2) is 0 Å². The number of carbonyl (C=O) groups is 3. The van der Waals surface area contributed by atoms with Gasteiger partial charge in [0.05, 0.1) is 0 Å². The van der Waals surface area contributed by atoms with Crippen LogP contribution in [0, 0.1) is 0 Å². The molecule has 2 N–H and O–H groups in total. The number of nitrogens with zero attached hydrogens (tertiary/aromatic N) is 1. The number of alkyl carbamates (subject to hydrolysis) is 1. The van der Waals surface area contributed by atoms with Crippen molar-refractivity contribution in [1.82, 2.24) is 15.5 Å². The smallest absolute Gasteiger partial charge is 0.407 e. The first-order chi connectivity index (χ1) is 9.78. The highest BCUT2D eigenvalue weighted by molar-refractivity contribution is 5.90. The maximum atomic E-state index is 11.5. The standard InChI is InChI=1S/C14H23N3O4/c1-14(2,3)21-13(20)16-7-6-11(18)15-8-10-17-9-4-5-12(17)19/h4-5H,6-10H2,1-3H3,(H,15,18)(H,16,20). The van der Waals surface area contributed by atoms with Crippen LogP contribution in [0.1, 0.15) is 27.2 Å². The monoisotopic (exact) mass is 297 g/mol. The van der Waals surface area contributed by atoms with Crippen molar-refractivity contribution in [3.8, 4) is 0 Å². The summed E-state index contributed by atoms with van der Waals surface area (Å²) >= 11 is 0. The van der Waals surface area contributed by atoms with Crippen LogP contribution in [0.2, 0.25) is 0 Å². The van der Waals surface area contributed by atoms with E-state index in [1.165, 1.54) is 6.08 Å². The van der Waals surface area contributed by atoms with Crippen LogP contribution in [0.15, 0.2) is 12.2 Å². The number of rotatable bonds is 6. The van der Waals surface area contributed by atoms with Gasteiger partial charge in [-0.05, 0) is 20.8 Å². The van der Waals surface area contributed by atoms with Crippen LogP contribution >= 0.6 is 0 Å². The fraction of sp³-hybridized carbons (Fsp3) is 0.643. The highest BCUT2D eigenvalue weighted by Gasteiger charge is 2.16. The van der Waals surface area contributed by atoms with Crippen LogP contribution in [0.5, 0.6) is 0 Å². The minimum absolute atomic E-state index is 0.0316. The van der Waals surface area contributed by atoms with Crippen molar-refractivity contribution in [3.63, 3.8) is 0 Å². The van der Waals surface area contributed by atoms with E-state index in [9.17, 15) is 14.4 Å². The predicted molar refractivity (Wildman–Crippen MR) is 77.6 cm³/mol. The summed E-state index contributed by atoms with van der Waals surface area (Å²) in [5.41, 5.74) is -0.553. The van der Waals surface area contributed by atoms with Gasteiger partial charge in [0.25, 0.3) is 0 Å². The van der Waals surface area contributed by atoms with Crippen molar-refractivity contribution in [2.45, 2.75) is 32.8 Å². The van der Waals surface area contributed by atoms with Crippen LogP contribution in [0.4, 0.5) is 4.79 Å². The Kier molecular flexibility index (Phi) is 6.20. The van der Waals surface area contributed by atoms with Crippen LogP contribution in [0.3, 0.4) is 0 Å². The van der Waals surface area contributed by atoms with Gasteiger partial charge in [-0.2, -0.15) is 0 Å². The molecule has 0 aliphatic carbocycles. The molecule has 7 heteroatoms. The molecule has 0 unspecified atom stereocenters. The third-order valence-corrected chi connectivity index (χ3v) is 2.62. The Hall–Kier alpha value is -2.05. The van der Waals surface area contributed by atoms with Crippen molar-refractivity contribution >= 4 is 17.9 Å². The first kappa shape index (κ1) is 17.0. The van der Waals surface area contributed by atoms with Crippen molar-refractivity contribution < 1.29 is 19.1 Å².